The Bertz CT molecular complexity index is 1740. The lowest BCUT2D eigenvalue weighted by atomic mass is 9.99. The summed E-state index contributed by atoms with van der Waals surface area (Å²) in [5.74, 6) is 0.0458. The maximum absolute atomic E-state index is 14.3. The van der Waals surface area contributed by atoms with Crippen molar-refractivity contribution in [1.29, 1.82) is 0 Å². The molecule has 0 bridgehead atoms. The summed E-state index contributed by atoms with van der Waals surface area (Å²) >= 11 is 3.39. The van der Waals surface area contributed by atoms with Crippen LogP contribution in [-0.2, 0) is 6.54 Å². The third-order valence-corrected chi connectivity index (χ3v) is 7.31. The Morgan fingerprint density at radius 2 is 1.93 bits per heavy atom. The van der Waals surface area contributed by atoms with E-state index in [0.717, 1.165) is 10.0 Å². The molecule has 0 spiro atoms. The number of nitrogens with two attached hydrogens (primary N) is 1. The van der Waals surface area contributed by atoms with Crippen molar-refractivity contribution >= 4 is 43.9 Å². The van der Waals surface area contributed by atoms with E-state index in [-0.39, 0.29) is 29.5 Å². The number of carbonyl (C=O) groups is 1. The SMILES string of the molecule is Cc1ccc(C(=O)N(CCCN)C(c2nc3c(oc4ccc(F)cc43)c(=O)n2Cc2cc(Br)co2)C(C)C)cc1. The molecule has 0 saturated carbocycles. The van der Waals surface area contributed by atoms with Gasteiger partial charge in [0.25, 0.3) is 11.5 Å². The molecular formula is C30H30BrFN4O4. The lowest BCUT2D eigenvalue weighted by Gasteiger charge is -2.35. The van der Waals surface area contributed by atoms with Gasteiger partial charge in [-0.15, -0.1) is 0 Å². The Labute approximate surface area is 238 Å². The fourth-order valence-electron chi connectivity index (χ4n) is 4.97. The van der Waals surface area contributed by atoms with Gasteiger partial charge < -0.3 is 19.5 Å². The van der Waals surface area contributed by atoms with Gasteiger partial charge in [0, 0.05) is 17.5 Å². The van der Waals surface area contributed by atoms with Crippen molar-refractivity contribution in [2.45, 2.75) is 39.8 Å². The van der Waals surface area contributed by atoms with Gasteiger partial charge in [-0.25, -0.2) is 9.37 Å². The first-order chi connectivity index (χ1) is 19.2. The first kappa shape index (κ1) is 27.8. The molecule has 0 fully saturated rings. The zero-order valence-corrected chi connectivity index (χ0v) is 24.1. The minimum absolute atomic E-state index is 0.0100. The van der Waals surface area contributed by atoms with Gasteiger partial charge >= 0.3 is 0 Å². The van der Waals surface area contributed by atoms with Gasteiger partial charge in [0.05, 0.1) is 17.1 Å². The van der Waals surface area contributed by atoms with Gasteiger partial charge in [0.2, 0.25) is 5.58 Å². The maximum atomic E-state index is 14.3. The van der Waals surface area contributed by atoms with Crippen molar-refractivity contribution in [2.75, 3.05) is 13.1 Å². The minimum Gasteiger partial charge on any atom is -0.466 e. The molecule has 5 aromatic rings. The molecule has 2 N–H and O–H groups in total. The molecule has 1 atom stereocenters. The van der Waals surface area contributed by atoms with Crippen LogP contribution in [0.3, 0.4) is 0 Å². The number of halogens is 2. The minimum atomic E-state index is -0.616. The summed E-state index contributed by atoms with van der Waals surface area (Å²) in [6.45, 7) is 6.70. The molecule has 0 saturated heterocycles. The van der Waals surface area contributed by atoms with E-state index >= 15 is 0 Å². The zero-order chi connectivity index (χ0) is 28.6. The highest BCUT2D eigenvalue weighted by Crippen LogP contribution is 2.33. The quantitative estimate of drug-likeness (QED) is 0.214. The van der Waals surface area contributed by atoms with Gasteiger partial charge in [-0.1, -0.05) is 31.5 Å². The fourth-order valence-corrected chi connectivity index (χ4v) is 5.32. The Morgan fingerprint density at radius 1 is 1.18 bits per heavy atom. The zero-order valence-electron chi connectivity index (χ0n) is 22.5. The number of aromatic nitrogens is 2. The highest BCUT2D eigenvalue weighted by atomic mass is 79.9. The highest BCUT2D eigenvalue weighted by Gasteiger charge is 2.33. The second-order valence-corrected chi connectivity index (χ2v) is 11.1. The number of rotatable bonds is 9. The molecule has 1 amide bonds. The van der Waals surface area contributed by atoms with E-state index in [4.69, 9.17) is 19.6 Å². The molecular weight excluding hydrogens is 579 g/mol. The van der Waals surface area contributed by atoms with Crippen LogP contribution in [0, 0.1) is 18.7 Å². The van der Waals surface area contributed by atoms with Crippen LogP contribution in [0.4, 0.5) is 4.39 Å². The van der Waals surface area contributed by atoms with Crippen LogP contribution in [0.5, 0.6) is 0 Å². The van der Waals surface area contributed by atoms with Crippen molar-refractivity contribution in [2.24, 2.45) is 11.7 Å². The molecule has 1 unspecified atom stereocenters. The molecule has 2 aromatic carbocycles. The van der Waals surface area contributed by atoms with E-state index in [1.807, 2.05) is 32.9 Å². The predicted molar refractivity (Wildman–Crippen MR) is 155 cm³/mol. The van der Waals surface area contributed by atoms with Crippen LogP contribution < -0.4 is 11.3 Å². The highest BCUT2D eigenvalue weighted by molar-refractivity contribution is 9.10. The van der Waals surface area contributed by atoms with Crippen LogP contribution in [0.25, 0.3) is 22.1 Å². The van der Waals surface area contributed by atoms with Crippen LogP contribution >= 0.6 is 15.9 Å². The summed E-state index contributed by atoms with van der Waals surface area (Å²) in [5, 5.41) is 0.391. The first-order valence-corrected chi connectivity index (χ1v) is 13.9. The summed E-state index contributed by atoms with van der Waals surface area (Å²) in [6, 6.07) is 12.6. The number of fused-ring (bicyclic) bond motifs is 3. The molecule has 3 aromatic heterocycles. The summed E-state index contributed by atoms with van der Waals surface area (Å²) in [5.41, 5.74) is 7.59. The lowest BCUT2D eigenvalue weighted by Crippen LogP contribution is -2.42. The topological polar surface area (TPSA) is 108 Å². The molecule has 8 nitrogen and oxygen atoms in total. The number of amides is 1. The van der Waals surface area contributed by atoms with Crippen molar-refractivity contribution < 1.29 is 18.0 Å². The summed E-state index contributed by atoms with van der Waals surface area (Å²) in [6.07, 6.45) is 2.09. The summed E-state index contributed by atoms with van der Waals surface area (Å²) in [7, 11) is 0. The van der Waals surface area contributed by atoms with Crippen molar-refractivity contribution in [3.8, 4) is 0 Å². The summed E-state index contributed by atoms with van der Waals surface area (Å²) < 4.78 is 28.0. The Kier molecular flexibility index (Phi) is 7.91. The van der Waals surface area contributed by atoms with Crippen LogP contribution in [0.1, 0.15) is 53.8 Å². The van der Waals surface area contributed by atoms with Gasteiger partial charge in [-0.2, -0.15) is 0 Å². The number of hydrogen-bond donors (Lipinski definition) is 1. The van der Waals surface area contributed by atoms with E-state index in [9.17, 15) is 14.0 Å². The second kappa shape index (κ2) is 11.4. The average Bonchev–Trinajstić information content (AvgIpc) is 3.50. The second-order valence-electron chi connectivity index (χ2n) is 10.2. The largest absolute Gasteiger partial charge is 0.466 e. The maximum Gasteiger partial charge on any atom is 0.297 e. The van der Waals surface area contributed by atoms with E-state index in [2.05, 4.69) is 15.9 Å². The predicted octanol–water partition coefficient (Wildman–Crippen LogP) is 6.18. The first-order valence-electron chi connectivity index (χ1n) is 13.1. The monoisotopic (exact) mass is 608 g/mol. The lowest BCUT2D eigenvalue weighted by molar-refractivity contribution is 0.0602. The molecule has 40 heavy (non-hydrogen) atoms. The smallest absolute Gasteiger partial charge is 0.297 e. The number of benzene rings is 2. The van der Waals surface area contributed by atoms with E-state index in [1.165, 1.54) is 29.0 Å². The molecule has 0 aliphatic carbocycles. The van der Waals surface area contributed by atoms with Gasteiger partial charge in [-0.05, 0) is 78.1 Å². The third-order valence-electron chi connectivity index (χ3n) is 6.90. The number of furan rings is 2. The third kappa shape index (κ3) is 5.33. The number of carbonyl (C=O) groups excluding carboxylic acids is 1. The number of aryl methyl sites for hydroxylation is 1. The van der Waals surface area contributed by atoms with Gasteiger partial charge in [0.15, 0.2) is 0 Å². The van der Waals surface area contributed by atoms with Gasteiger partial charge in [-0.3, -0.25) is 14.2 Å². The molecule has 10 heteroatoms. The van der Waals surface area contributed by atoms with E-state index in [0.29, 0.717) is 47.6 Å². The van der Waals surface area contributed by atoms with Crippen molar-refractivity contribution in [1.82, 2.24) is 14.5 Å². The number of hydrogen-bond acceptors (Lipinski definition) is 6. The van der Waals surface area contributed by atoms with Crippen LogP contribution in [0.2, 0.25) is 0 Å². The summed E-state index contributed by atoms with van der Waals surface area (Å²) in [4.78, 5) is 34.7. The normalized spacial score (nSPS) is 12.5. The number of nitrogens with zero attached hydrogens (tertiary/aromatic N) is 3. The van der Waals surface area contributed by atoms with Crippen molar-refractivity contribution in [3.63, 3.8) is 0 Å². The molecule has 0 aliphatic heterocycles. The van der Waals surface area contributed by atoms with Crippen molar-refractivity contribution in [3.05, 3.63) is 98.1 Å². The van der Waals surface area contributed by atoms with E-state index < -0.39 is 17.4 Å². The fraction of sp³-hybridized carbons (Fsp3) is 0.300. The Balaban J connectivity index is 1.76. The molecule has 0 aliphatic rings. The molecule has 3 heterocycles. The standard InChI is InChI=1S/C30H30BrFN4O4/c1-17(2)26(35(12-4-11-33)29(37)19-7-5-18(3)6-8-19)28-34-25-23-14-21(32)9-10-24(23)40-27(25)30(38)36(28)15-22-13-20(31)16-39-22/h5-10,13-14,16-17,26H,4,11-12,15,33H2,1-3H3. The molecule has 5 rings (SSSR count). The average molecular weight is 609 g/mol. The molecule has 208 valence electrons. The molecule has 0 radical (unpaired) electrons. The Morgan fingerprint density at radius 3 is 2.58 bits per heavy atom. The van der Waals surface area contributed by atoms with E-state index in [1.54, 1.807) is 23.1 Å². The van der Waals surface area contributed by atoms with Crippen LogP contribution in [-0.4, -0.2) is 33.4 Å². The Hall–Kier alpha value is -3.76. The van der Waals surface area contributed by atoms with Crippen LogP contribution in [0.15, 0.2) is 72.9 Å². The van der Waals surface area contributed by atoms with Gasteiger partial charge in [0.1, 0.15) is 34.8 Å².